The summed E-state index contributed by atoms with van der Waals surface area (Å²) < 4.78 is 5.11. The molecule has 12 heavy (non-hydrogen) atoms. The van der Waals surface area contributed by atoms with Crippen molar-refractivity contribution < 1.29 is 9.53 Å². The Morgan fingerprint density at radius 3 is 3.00 bits per heavy atom. The lowest BCUT2D eigenvalue weighted by Gasteiger charge is -2.11. The molecule has 0 heterocycles. The predicted molar refractivity (Wildman–Crippen MR) is 47.7 cm³/mol. The van der Waals surface area contributed by atoms with Crippen molar-refractivity contribution in [2.45, 2.75) is 26.2 Å². The molecule has 0 aliphatic heterocycles. The molecule has 1 aliphatic carbocycles. The Morgan fingerprint density at radius 2 is 2.42 bits per heavy atom. The van der Waals surface area contributed by atoms with Crippen LogP contribution in [0.15, 0.2) is 23.5 Å². The van der Waals surface area contributed by atoms with Crippen LogP contribution in [0.5, 0.6) is 0 Å². The molecule has 0 radical (unpaired) electrons. The van der Waals surface area contributed by atoms with E-state index in [9.17, 15) is 4.79 Å². The van der Waals surface area contributed by atoms with E-state index in [0.29, 0.717) is 6.42 Å². The third-order valence-electron chi connectivity index (χ3n) is 1.86. The highest BCUT2D eigenvalue weighted by Crippen LogP contribution is 2.19. The summed E-state index contributed by atoms with van der Waals surface area (Å²) in [6, 6.07) is 0. The van der Waals surface area contributed by atoms with Gasteiger partial charge in [-0.2, -0.15) is 0 Å². The molecule has 66 valence electrons. The van der Waals surface area contributed by atoms with Gasteiger partial charge in [0.05, 0.1) is 12.9 Å². The number of hydrogen-bond donors (Lipinski definition) is 0. The number of hydrogen-bond acceptors (Lipinski definition) is 2. The zero-order valence-corrected chi connectivity index (χ0v) is 7.59. The van der Waals surface area contributed by atoms with Crippen LogP contribution in [0.4, 0.5) is 0 Å². The topological polar surface area (TPSA) is 26.3 Å². The SMILES string of the molecule is COC1=CC(CC(C)=O)=CCC1. The molecule has 0 aromatic carbocycles. The lowest BCUT2D eigenvalue weighted by molar-refractivity contribution is -0.116. The average molecular weight is 166 g/mol. The van der Waals surface area contributed by atoms with E-state index in [1.165, 1.54) is 0 Å². The number of allylic oxidation sites excluding steroid dienone is 4. The molecule has 0 saturated heterocycles. The normalized spacial score (nSPS) is 16.5. The third-order valence-corrected chi connectivity index (χ3v) is 1.86. The van der Waals surface area contributed by atoms with Gasteiger partial charge >= 0.3 is 0 Å². The molecule has 1 aliphatic rings. The van der Waals surface area contributed by atoms with E-state index in [-0.39, 0.29) is 5.78 Å². The monoisotopic (exact) mass is 166 g/mol. The fraction of sp³-hybridized carbons (Fsp3) is 0.500. The molecule has 0 unspecified atom stereocenters. The molecule has 0 bridgehead atoms. The summed E-state index contributed by atoms with van der Waals surface area (Å²) >= 11 is 0. The van der Waals surface area contributed by atoms with Crippen LogP contribution in [-0.2, 0) is 9.53 Å². The van der Waals surface area contributed by atoms with Gasteiger partial charge in [-0.1, -0.05) is 6.08 Å². The highest BCUT2D eigenvalue weighted by atomic mass is 16.5. The van der Waals surface area contributed by atoms with Crippen LogP contribution in [0.2, 0.25) is 0 Å². The van der Waals surface area contributed by atoms with E-state index in [4.69, 9.17) is 4.74 Å². The molecule has 2 nitrogen and oxygen atoms in total. The minimum Gasteiger partial charge on any atom is -0.501 e. The van der Waals surface area contributed by atoms with E-state index in [1.54, 1.807) is 14.0 Å². The van der Waals surface area contributed by atoms with Crippen molar-refractivity contribution in [2.24, 2.45) is 0 Å². The zero-order valence-electron chi connectivity index (χ0n) is 7.59. The van der Waals surface area contributed by atoms with Gasteiger partial charge in [0.1, 0.15) is 5.78 Å². The van der Waals surface area contributed by atoms with Crippen LogP contribution in [0.25, 0.3) is 0 Å². The van der Waals surface area contributed by atoms with Gasteiger partial charge in [-0.25, -0.2) is 0 Å². The number of carbonyl (C=O) groups is 1. The summed E-state index contributed by atoms with van der Waals surface area (Å²) in [7, 11) is 1.67. The van der Waals surface area contributed by atoms with Crippen molar-refractivity contribution in [3.8, 4) is 0 Å². The van der Waals surface area contributed by atoms with Crippen molar-refractivity contribution in [1.82, 2.24) is 0 Å². The van der Waals surface area contributed by atoms with Crippen LogP contribution >= 0.6 is 0 Å². The smallest absolute Gasteiger partial charge is 0.134 e. The number of ketones is 1. The third kappa shape index (κ3) is 2.53. The van der Waals surface area contributed by atoms with Crippen LogP contribution in [-0.4, -0.2) is 12.9 Å². The quantitative estimate of drug-likeness (QED) is 0.642. The van der Waals surface area contributed by atoms with Crippen molar-refractivity contribution in [2.75, 3.05) is 7.11 Å². The Hall–Kier alpha value is -1.05. The van der Waals surface area contributed by atoms with Crippen molar-refractivity contribution in [3.63, 3.8) is 0 Å². The molecular weight excluding hydrogens is 152 g/mol. The Bertz CT molecular complexity index is 236. The minimum absolute atomic E-state index is 0.204. The average Bonchev–Trinajstić information content (AvgIpc) is 2.03. The Balaban J connectivity index is 2.60. The molecule has 0 atom stereocenters. The summed E-state index contributed by atoms with van der Waals surface area (Å²) in [6.45, 7) is 1.61. The number of ether oxygens (including phenoxy) is 1. The van der Waals surface area contributed by atoms with Gasteiger partial charge in [-0.15, -0.1) is 0 Å². The van der Waals surface area contributed by atoms with Gasteiger partial charge in [-0.05, 0) is 25.0 Å². The largest absolute Gasteiger partial charge is 0.501 e. The first kappa shape index (κ1) is 9.04. The van der Waals surface area contributed by atoms with E-state index in [1.807, 2.05) is 6.08 Å². The first-order chi connectivity index (χ1) is 5.72. The highest BCUT2D eigenvalue weighted by Gasteiger charge is 2.06. The molecule has 0 spiro atoms. The Morgan fingerprint density at radius 1 is 1.67 bits per heavy atom. The maximum absolute atomic E-state index is 10.8. The number of rotatable bonds is 3. The number of Topliss-reactive ketones (excluding diaryl/α,β-unsaturated/α-hetero) is 1. The van der Waals surface area contributed by atoms with Crippen molar-refractivity contribution in [3.05, 3.63) is 23.5 Å². The molecule has 0 aromatic heterocycles. The second-order valence-electron chi connectivity index (χ2n) is 3.01. The van der Waals surface area contributed by atoms with Crippen LogP contribution in [0.3, 0.4) is 0 Å². The van der Waals surface area contributed by atoms with Crippen molar-refractivity contribution in [1.29, 1.82) is 0 Å². The summed E-state index contributed by atoms with van der Waals surface area (Å²) in [5.74, 6) is 1.18. The summed E-state index contributed by atoms with van der Waals surface area (Å²) in [6.07, 6.45) is 6.54. The van der Waals surface area contributed by atoms with Gasteiger partial charge in [0.25, 0.3) is 0 Å². The van der Waals surface area contributed by atoms with Gasteiger partial charge in [-0.3, -0.25) is 4.79 Å². The van der Waals surface area contributed by atoms with Crippen LogP contribution < -0.4 is 0 Å². The van der Waals surface area contributed by atoms with Gasteiger partial charge < -0.3 is 4.74 Å². The first-order valence-corrected chi connectivity index (χ1v) is 4.15. The van der Waals surface area contributed by atoms with Gasteiger partial charge in [0, 0.05) is 12.8 Å². The maximum Gasteiger partial charge on any atom is 0.134 e. The molecule has 0 N–H and O–H groups in total. The van der Waals surface area contributed by atoms with E-state index >= 15 is 0 Å². The lowest BCUT2D eigenvalue weighted by atomic mass is 10.0. The molecular formula is C10H14O2. The second-order valence-corrected chi connectivity index (χ2v) is 3.01. The molecule has 0 amide bonds. The zero-order chi connectivity index (χ0) is 8.97. The highest BCUT2D eigenvalue weighted by molar-refractivity contribution is 5.78. The standard InChI is InChI=1S/C10H14O2/c1-8(11)6-9-4-3-5-10(7-9)12-2/h4,7H,3,5-6H2,1-2H3. The Kier molecular flexibility index (Phi) is 3.09. The second kappa shape index (κ2) is 4.10. The molecule has 2 heteroatoms. The van der Waals surface area contributed by atoms with Crippen molar-refractivity contribution >= 4 is 5.78 Å². The maximum atomic E-state index is 10.8. The molecule has 0 saturated carbocycles. The first-order valence-electron chi connectivity index (χ1n) is 4.15. The van der Waals surface area contributed by atoms with E-state index in [2.05, 4.69) is 6.08 Å². The van der Waals surface area contributed by atoms with Gasteiger partial charge in [0.2, 0.25) is 0 Å². The predicted octanol–water partition coefficient (Wildman–Crippen LogP) is 2.22. The Labute approximate surface area is 72.9 Å². The molecule has 0 aromatic rings. The van der Waals surface area contributed by atoms with Gasteiger partial charge in [0.15, 0.2) is 0 Å². The fourth-order valence-electron chi connectivity index (χ4n) is 1.31. The lowest BCUT2D eigenvalue weighted by Crippen LogP contribution is -1.98. The van der Waals surface area contributed by atoms with Crippen LogP contribution in [0.1, 0.15) is 26.2 Å². The van der Waals surface area contributed by atoms with Crippen LogP contribution in [0, 0.1) is 0 Å². The minimum atomic E-state index is 0.204. The number of methoxy groups -OCH3 is 1. The fourth-order valence-corrected chi connectivity index (χ4v) is 1.31. The van der Waals surface area contributed by atoms with E-state index < -0.39 is 0 Å². The molecule has 0 fully saturated rings. The van der Waals surface area contributed by atoms with E-state index in [0.717, 1.165) is 24.2 Å². The molecule has 1 rings (SSSR count). The summed E-state index contributed by atoms with van der Waals surface area (Å²) in [5.41, 5.74) is 1.09. The summed E-state index contributed by atoms with van der Waals surface area (Å²) in [5, 5.41) is 0. The number of carbonyl (C=O) groups excluding carboxylic acids is 1. The summed E-state index contributed by atoms with van der Waals surface area (Å²) in [4.78, 5) is 10.8.